The molecule has 90 valence electrons. The van der Waals surface area contributed by atoms with Gasteiger partial charge in [-0.2, -0.15) is 17.7 Å². The first-order chi connectivity index (χ1) is 7.53. The minimum atomic E-state index is 0.0114. The van der Waals surface area contributed by atoms with Gasteiger partial charge in [-0.25, -0.2) is 9.48 Å². The van der Waals surface area contributed by atoms with Crippen LogP contribution in [0.1, 0.15) is 32.5 Å². The predicted octanol–water partition coefficient (Wildman–Crippen LogP) is 1.34. The molecule has 0 saturated carbocycles. The Morgan fingerprint density at radius 2 is 2.19 bits per heavy atom. The van der Waals surface area contributed by atoms with Gasteiger partial charge in [-0.1, -0.05) is 13.8 Å². The van der Waals surface area contributed by atoms with Crippen LogP contribution in [0.3, 0.4) is 0 Å². The molecular weight excluding hydrogens is 222 g/mol. The summed E-state index contributed by atoms with van der Waals surface area (Å²) in [6.45, 7) is 5.68. The smallest absolute Gasteiger partial charge is 0.279 e. The van der Waals surface area contributed by atoms with Crippen molar-refractivity contribution in [1.29, 1.82) is 0 Å². The van der Waals surface area contributed by atoms with E-state index in [1.54, 1.807) is 4.68 Å². The maximum absolute atomic E-state index is 12.0. The first-order valence-electron chi connectivity index (χ1n) is 5.81. The number of aromatic nitrogens is 3. The molecule has 1 aromatic heterocycles. The maximum atomic E-state index is 12.0. The summed E-state index contributed by atoms with van der Waals surface area (Å²) in [6.07, 6.45) is 3.17. The van der Waals surface area contributed by atoms with Crippen molar-refractivity contribution in [2.24, 2.45) is 5.41 Å². The first-order valence-corrected chi connectivity index (χ1v) is 6.44. The van der Waals surface area contributed by atoms with Crippen LogP contribution in [0.15, 0.2) is 4.79 Å². The van der Waals surface area contributed by atoms with Crippen LogP contribution in [-0.4, -0.2) is 20.1 Å². The standard InChI is InChI=1S/C11H19N3OS/c1-11(2,8-16)7-14-10(15)13-6-4-3-5-9(13)12-14/h16H,3-8H2,1-2H3. The molecule has 0 bridgehead atoms. The minimum Gasteiger partial charge on any atom is -0.279 e. The van der Waals surface area contributed by atoms with E-state index in [1.807, 2.05) is 4.57 Å². The molecule has 0 fully saturated rings. The van der Waals surface area contributed by atoms with E-state index in [0.29, 0.717) is 6.54 Å². The summed E-state index contributed by atoms with van der Waals surface area (Å²) in [5.74, 6) is 1.70. The molecular formula is C11H19N3OS. The molecule has 0 spiro atoms. The molecule has 0 unspecified atom stereocenters. The van der Waals surface area contributed by atoms with Crippen molar-refractivity contribution in [3.63, 3.8) is 0 Å². The quantitative estimate of drug-likeness (QED) is 0.811. The highest BCUT2D eigenvalue weighted by Crippen LogP contribution is 2.19. The highest BCUT2D eigenvalue weighted by atomic mass is 32.1. The van der Waals surface area contributed by atoms with Crippen molar-refractivity contribution in [2.45, 2.75) is 46.2 Å². The van der Waals surface area contributed by atoms with Crippen LogP contribution < -0.4 is 5.69 Å². The van der Waals surface area contributed by atoms with Crippen LogP contribution in [0.2, 0.25) is 0 Å². The first kappa shape index (κ1) is 11.8. The third-order valence-electron chi connectivity index (χ3n) is 3.04. The second-order valence-corrected chi connectivity index (χ2v) is 5.60. The summed E-state index contributed by atoms with van der Waals surface area (Å²) >= 11 is 4.31. The van der Waals surface area contributed by atoms with Crippen LogP contribution >= 0.6 is 12.6 Å². The molecule has 5 heteroatoms. The molecule has 1 aliphatic rings. The molecule has 0 atom stereocenters. The van der Waals surface area contributed by atoms with Crippen molar-refractivity contribution in [3.8, 4) is 0 Å². The molecule has 0 saturated heterocycles. The zero-order chi connectivity index (χ0) is 11.8. The van der Waals surface area contributed by atoms with Gasteiger partial charge < -0.3 is 0 Å². The minimum absolute atomic E-state index is 0.0114. The average Bonchev–Trinajstić information content (AvgIpc) is 2.56. The fourth-order valence-corrected chi connectivity index (χ4v) is 2.11. The molecule has 0 aromatic carbocycles. The van der Waals surface area contributed by atoms with Gasteiger partial charge in [0.2, 0.25) is 0 Å². The topological polar surface area (TPSA) is 39.8 Å². The Morgan fingerprint density at radius 1 is 1.44 bits per heavy atom. The van der Waals surface area contributed by atoms with Crippen LogP contribution in [0.25, 0.3) is 0 Å². The van der Waals surface area contributed by atoms with Gasteiger partial charge in [0.25, 0.3) is 0 Å². The summed E-state index contributed by atoms with van der Waals surface area (Å²) in [5.41, 5.74) is 0.0572. The largest absolute Gasteiger partial charge is 0.345 e. The molecule has 4 nitrogen and oxygen atoms in total. The van der Waals surface area contributed by atoms with Crippen molar-refractivity contribution in [3.05, 3.63) is 16.3 Å². The van der Waals surface area contributed by atoms with Crippen LogP contribution in [-0.2, 0) is 19.5 Å². The lowest BCUT2D eigenvalue weighted by atomic mass is 9.97. The Balaban J connectivity index is 2.29. The van der Waals surface area contributed by atoms with Crippen LogP contribution in [0.5, 0.6) is 0 Å². The van der Waals surface area contributed by atoms with Gasteiger partial charge in [0.1, 0.15) is 5.82 Å². The summed E-state index contributed by atoms with van der Waals surface area (Å²) in [5, 5.41) is 4.42. The van der Waals surface area contributed by atoms with Gasteiger partial charge in [0, 0.05) is 13.0 Å². The molecule has 1 aliphatic heterocycles. The highest BCUT2D eigenvalue weighted by Gasteiger charge is 2.22. The Kier molecular flexibility index (Phi) is 3.15. The van der Waals surface area contributed by atoms with E-state index in [4.69, 9.17) is 0 Å². The summed E-state index contributed by atoms with van der Waals surface area (Å²) in [7, 11) is 0. The van der Waals surface area contributed by atoms with Gasteiger partial charge in [-0.3, -0.25) is 4.57 Å². The third kappa shape index (κ3) is 2.19. The molecule has 16 heavy (non-hydrogen) atoms. The van der Waals surface area contributed by atoms with E-state index in [2.05, 4.69) is 31.6 Å². The predicted molar refractivity (Wildman–Crippen MR) is 67.1 cm³/mol. The van der Waals surface area contributed by atoms with Crippen molar-refractivity contribution < 1.29 is 0 Å². The Labute approximate surface area is 101 Å². The van der Waals surface area contributed by atoms with E-state index in [-0.39, 0.29) is 11.1 Å². The van der Waals surface area contributed by atoms with Crippen LogP contribution in [0.4, 0.5) is 0 Å². The van der Waals surface area contributed by atoms with E-state index in [0.717, 1.165) is 37.4 Å². The summed E-state index contributed by atoms with van der Waals surface area (Å²) < 4.78 is 3.43. The number of fused-ring (bicyclic) bond motifs is 1. The molecule has 2 heterocycles. The van der Waals surface area contributed by atoms with Crippen molar-refractivity contribution in [1.82, 2.24) is 14.3 Å². The second-order valence-electron chi connectivity index (χ2n) is 5.29. The monoisotopic (exact) mass is 241 g/mol. The van der Waals surface area contributed by atoms with E-state index >= 15 is 0 Å². The number of nitrogens with zero attached hydrogens (tertiary/aromatic N) is 3. The fraction of sp³-hybridized carbons (Fsp3) is 0.818. The van der Waals surface area contributed by atoms with Crippen LogP contribution in [0, 0.1) is 5.41 Å². The SMILES string of the molecule is CC(C)(CS)Cn1nc2n(c1=O)CCCC2. The van der Waals surface area contributed by atoms with Gasteiger partial charge in [-0.05, 0) is 24.0 Å². The average molecular weight is 241 g/mol. The molecule has 1 aromatic rings. The van der Waals surface area contributed by atoms with E-state index in [1.165, 1.54) is 0 Å². The number of hydrogen-bond acceptors (Lipinski definition) is 3. The lowest BCUT2D eigenvalue weighted by Gasteiger charge is -2.20. The summed E-state index contributed by atoms with van der Waals surface area (Å²) in [6, 6.07) is 0. The lowest BCUT2D eigenvalue weighted by Crippen LogP contribution is -2.32. The van der Waals surface area contributed by atoms with Crippen molar-refractivity contribution >= 4 is 12.6 Å². The molecule has 0 N–H and O–H groups in total. The fourth-order valence-electron chi connectivity index (χ4n) is 2.01. The Hall–Kier alpha value is -0.710. The molecule has 2 rings (SSSR count). The highest BCUT2D eigenvalue weighted by molar-refractivity contribution is 7.80. The zero-order valence-electron chi connectivity index (χ0n) is 9.94. The molecule has 0 radical (unpaired) electrons. The maximum Gasteiger partial charge on any atom is 0.345 e. The normalized spacial score (nSPS) is 16.2. The van der Waals surface area contributed by atoms with Gasteiger partial charge in [0.15, 0.2) is 0 Å². The third-order valence-corrected chi connectivity index (χ3v) is 3.89. The Bertz CT molecular complexity index is 433. The van der Waals surface area contributed by atoms with Gasteiger partial charge in [0.05, 0.1) is 6.54 Å². The lowest BCUT2D eigenvalue weighted by molar-refractivity contribution is 0.326. The number of rotatable bonds is 3. The van der Waals surface area contributed by atoms with E-state index in [9.17, 15) is 4.79 Å². The van der Waals surface area contributed by atoms with E-state index < -0.39 is 0 Å². The summed E-state index contributed by atoms with van der Waals surface area (Å²) in [4.78, 5) is 12.0. The second kappa shape index (κ2) is 4.28. The number of thiol groups is 1. The number of aryl methyl sites for hydroxylation is 1. The Morgan fingerprint density at radius 3 is 2.81 bits per heavy atom. The zero-order valence-corrected chi connectivity index (χ0v) is 10.8. The van der Waals surface area contributed by atoms with Gasteiger partial charge in [-0.15, -0.1) is 0 Å². The van der Waals surface area contributed by atoms with Gasteiger partial charge >= 0.3 is 5.69 Å². The number of hydrogen-bond donors (Lipinski definition) is 1. The molecule has 0 aliphatic carbocycles. The molecule has 0 amide bonds. The van der Waals surface area contributed by atoms with Crippen molar-refractivity contribution in [2.75, 3.05) is 5.75 Å².